The van der Waals surface area contributed by atoms with E-state index < -0.39 is 0 Å². The molecule has 0 fully saturated rings. The summed E-state index contributed by atoms with van der Waals surface area (Å²) in [5, 5.41) is 0. The molecule has 0 amide bonds. The molecule has 0 atom stereocenters. The summed E-state index contributed by atoms with van der Waals surface area (Å²) < 4.78 is 6.66. The van der Waals surface area contributed by atoms with E-state index in [0.717, 1.165) is 11.2 Å². The van der Waals surface area contributed by atoms with Gasteiger partial charge in [0.05, 0.1) is 5.52 Å². The second-order valence-corrected chi connectivity index (χ2v) is 4.28. The van der Waals surface area contributed by atoms with Crippen LogP contribution in [0.25, 0.3) is 11.1 Å². The molecule has 0 spiro atoms. The van der Waals surface area contributed by atoms with Crippen molar-refractivity contribution in [1.29, 1.82) is 0 Å². The topological polar surface area (TPSA) is 38.4 Å². The van der Waals surface area contributed by atoms with Crippen molar-refractivity contribution in [2.24, 2.45) is 7.05 Å². The van der Waals surface area contributed by atoms with Crippen LogP contribution in [0.1, 0.15) is 13.8 Å². The van der Waals surface area contributed by atoms with E-state index in [4.69, 9.17) is 4.42 Å². The number of fused-ring (bicyclic) bond motifs is 1. The molecule has 2 aromatic rings. The first-order valence-corrected chi connectivity index (χ1v) is 5.33. The minimum Gasteiger partial charge on any atom is -0.408 e. The van der Waals surface area contributed by atoms with E-state index in [9.17, 15) is 4.79 Å². The Morgan fingerprint density at radius 2 is 2.06 bits per heavy atom. The SMILES string of the molecule is CC(C)N(C)c1ccc2c(c1)oc(=O)n2C. The van der Waals surface area contributed by atoms with Gasteiger partial charge in [0.2, 0.25) is 0 Å². The van der Waals surface area contributed by atoms with E-state index in [-0.39, 0.29) is 5.76 Å². The molecule has 86 valence electrons. The molecule has 1 aromatic carbocycles. The number of hydrogen-bond acceptors (Lipinski definition) is 3. The third kappa shape index (κ3) is 1.60. The number of oxazole rings is 1. The second kappa shape index (κ2) is 3.70. The summed E-state index contributed by atoms with van der Waals surface area (Å²) >= 11 is 0. The summed E-state index contributed by atoms with van der Waals surface area (Å²) in [6.45, 7) is 4.23. The Kier molecular flexibility index (Phi) is 2.50. The van der Waals surface area contributed by atoms with Crippen LogP contribution in [0.4, 0.5) is 5.69 Å². The smallest absolute Gasteiger partial charge is 0.408 e. The fourth-order valence-electron chi connectivity index (χ4n) is 1.64. The molecule has 0 saturated carbocycles. The molecule has 4 heteroatoms. The summed E-state index contributed by atoms with van der Waals surface area (Å²) in [5.41, 5.74) is 2.51. The molecule has 0 radical (unpaired) electrons. The first-order chi connectivity index (χ1) is 7.50. The predicted molar refractivity (Wildman–Crippen MR) is 65.0 cm³/mol. The van der Waals surface area contributed by atoms with Crippen LogP contribution in [0.15, 0.2) is 27.4 Å². The Morgan fingerprint density at radius 3 is 2.69 bits per heavy atom. The van der Waals surface area contributed by atoms with Crippen LogP contribution in [0, 0.1) is 0 Å². The molecule has 16 heavy (non-hydrogen) atoms. The van der Waals surface area contributed by atoms with Crippen molar-refractivity contribution in [2.75, 3.05) is 11.9 Å². The van der Waals surface area contributed by atoms with E-state index in [0.29, 0.717) is 11.6 Å². The fraction of sp³-hybridized carbons (Fsp3) is 0.417. The van der Waals surface area contributed by atoms with Crippen molar-refractivity contribution < 1.29 is 4.42 Å². The normalized spacial score (nSPS) is 11.3. The zero-order valence-corrected chi connectivity index (χ0v) is 10.0. The second-order valence-electron chi connectivity index (χ2n) is 4.28. The van der Waals surface area contributed by atoms with Gasteiger partial charge in [-0.1, -0.05) is 0 Å². The predicted octanol–water partition coefficient (Wildman–Crippen LogP) is 1.98. The van der Waals surface area contributed by atoms with E-state index in [2.05, 4.69) is 18.7 Å². The van der Waals surface area contributed by atoms with Gasteiger partial charge in [-0.2, -0.15) is 0 Å². The Hall–Kier alpha value is -1.71. The maximum atomic E-state index is 11.3. The van der Waals surface area contributed by atoms with Crippen LogP contribution in [0.5, 0.6) is 0 Å². The zero-order valence-electron chi connectivity index (χ0n) is 10.0. The number of nitrogens with zero attached hydrogens (tertiary/aromatic N) is 2. The number of anilines is 1. The van der Waals surface area contributed by atoms with Crippen LogP contribution in [-0.2, 0) is 7.05 Å². The lowest BCUT2D eigenvalue weighted by Gasteiger charge is -2.23. The Morgan fingerprint density at radius 1 is 1.38 bits per heavy atom. The summed E-state index contributed by atoms with van der Waals surface area (Å²) in [7, 11) is 3.73. The minimum absolute atomic E-state index is 0.320. The third-order valence-electron chi connectivity index (χ3n) is 2.96. The molecule has 1 heterocycles. The molecule has 0 N–H and O–H groups in total. The van der Waals surface area contributed by atoms with Gasteiger partial charge in [0, 0.05) is 31.9 Å². The fourth-order valence-corrected chi connectivity index (χ4v) is 1.64. The van der Waals surface area contributed by atoms with Gasteiger partial charge in [-0.25, -0.2) is 4.79 Å². The quantitative estimate of drug-likeness (QED) is 0.776. The number of aryl methyl sites for hydroxylation is 1. The van der Waals surface area contributed by atoms with Gasteiger partial charge in [0.15, 0.2) is 5.58 Å². The molecule has 2 rings (SSSR count). The summed E-state index contributed by atoms with van der Waals surface area (Å²) in [6.07, 6.45) is 0. The summed E-state index contributed by atoms with van der Waals surface area (Å²) in [5.74, 6) is -0.320. The van der Waals surface area contributed by atoms with Gasteiger partial charge >= 0.3 is 5.76 Å². The van der Waals surface area contributed by atoms with Gasteiger partial charge in [-0.3, -0.25) is 4.57 Å². The van der Waals surface area contributed by atoms with Crippen molar-refractivity contribution in [3.63, 3.8) is 0 Å². The van der Waals surface area contributed by atoms with E-state index in [1.807, 2.05) is 25.2 Å². The average Bonchev–Trinajstić information content (AvgIpc) is 2.53. The highest BCUT2D eigenvalue weighted by Gasteiger charge is 2.09. The highest BCUT2D eigenvalue weighted by atomic mass is 16.4. The van der Waals surface area contributed by atoms with Gasteiger partial charge < -0.3 is 9.32 Å². The maximum absolute atomic E-state index is 11.3. The Balaban J connectivity index is 2.57. The summed E-state index contributed by atoms with van der Waals surface area (Å²) in [6, 6.07) is 6.22. The zero-order chi connectivity index (χ0) is 11.9. The van der Waals surface area contributed by atoms with Gasteiger partial charge in [0.25, 0.3) is 0 Å². The minimum atomic E-state index is -0.320. The largest absolute Gasteiger partial charge is 0.419 e. The number of hydrogen-bond donors (Lipinski definition) is 0. The lowest BCUT2D eigenvalue weighted by Crippen LogP contribution is -2.25. The molecule has 0 aliphatic carbocycles. The lowest BCUT2D eigenvalue weighted by molar-refractivity contribution is 0.528. The van der Waals surface area contributed by atoms with E-state index in [1.54, 1.807) is 7.05 Å². The highest BCUT2D eigenvalue weighted by molar-refractivity contribution is 5.77. The first kappa shape index (κ1) is 10.8. The van der Waals surface area contributed by atoms with E-state index in [1.165, 1.54) is 4.57 Å². The molecule has 0 saturated heterocycles. The molecular weight excluding hydrogens is 204 g/mol. The molecule has 4 nitrogen and oxygen atoms in total. The van der Waals surface area contributed by atoms with Crippen molar-refractivity contribution in [3.05, 3.63) is 28.7 Å². The standard InChI is InChI=1S/C12H16N2O2/c1-8(2)13(3)9-5-6-10-11(7-9)16-12(15)14(10)4/h5-8H,1-4H3. The van der Waals surface area contributed by atoms with Crippen molar-refractivity contribution >= 4 is 16.8 Å². The van der Waals surface area contributed by atoms with Gasteiger partial charge in [-0.15, -0.1) is 0 Å². The van der Waals surface area contributed by atoms with Crippen molar-refractivity contribution in [2.45, 2.75) is 19.9 Å². The van der Waals surface area contributed by atoms with Gasteiger partial charge in [-0.05, 0) is 26.0 Å². The molecule has 0 unspecified atom stereocenters. The number of rotatable bonds is 2. The highest BCUT2D eigenvalue weighted by Crippen LogP contribution is 2.21. The van der Waals surface area contributed by atoms with Crippen LogP contribution in [0.2, 0.25) is 0 Å². The molecule has 0 aliphatic rings. The molecule has 0 aliphatic heterocycles. The molecular formula is C12H16N2O2. The number of aromatic nitrogens is 1. The van der Waals surface area contributed by atoms with E-state index >= 15 is 0 Å². The van der Waals surface area contributed by atoms with Crippen molar-refractivity contribution in [3.8, 4) is 0 Å². The molecule has 0 bridgehead atoms. The van der Waals surface area contributed by atoms with Crippen LogP contribution in [0.3, 0.4) is 0 Å². The first-order valence-electron chi connectivity index (χ1n) is 5.33. The maximum Gasteiger partial charge on any atom is 0.419 e. The third-order valence-corrected chi connectivity index (χ3v) is 2.96. The Bertz CT molecular complexity index is 566. The average molecular weight is 220 g/mol. The van der Waals surface area contributed by atoms with Crippen LogP contribution < -0.4 is 10.7 Å². The lowest BCUT2D eigenvalue weighted by atomic mass is 10.2. The molecule has 1 aromatic heterocycles. The monoisotopic (exact) mass is 220 g/mol. The van der Waals surface area contributed by atoms with Gasteiger partial charge in [0.1, 0.15) is 0 Å². The number of benzene rings is 1. The summed E-state index contributed by atoms with van der Waals surface area (Å²) in [4.78, 5) is 13.5. The van der Waals surface area contributed by atoms with Crippen LogP contribution in [-0.4, -0.2) is 17.7 Å². The Labute approximate surface area is 94.1 Å². The van der Waals surface area contributed by atoms with Crippen molar-refractivity contribution in [1.82, 2.24) is 4.57 Å². The van der Waals surface area contributed by atoms with Crippen LogP contribution >= 0.6 is 0 Å².